The molecule has 0 spiro atoms. The van der Waals surface area contributed by atoms with Crippen molar-refractivity contribution in [1.82, 2.24) is 0 Å². The summed E-state index contributed by atoms with van der Waals surface area (Å²) in [4.78, 5) is 0. The van der Waals surface area contributed by atoms with Crippen LogP contribution >= 0.6 is 0 Å². The minimum Gasteiger partial charge on any atom is -0.375 e. The van der Waals surface area contributed by atoms with Crippen molar-refractivity contribution < 1.29 is 4.74 Å². The molecule has 12 heavy (non-hydrogen) atoms. The molecule has 0 aliphatic carbocycles. The Morgan fingerprint density at radius 2 is 1.75 bits per heavy atom. The van der Waals surface area contributed by atoms with Crippen molar-refractivity contribution in [2.45, 2.75) is 47.1 Å². The molecule has 1 aliphatic rings. The Morgan fingerprint density at radius 1 is 1.25 bits per heavy atom. The molecule has 0 aromatic carbocycles. The SMILES string of the molecule is C[C@H]1[C@@H](C(C)(C)C)COC1(C)C. The fourth-order valence-corrected chi connectivity index (χ4v) is 2.06. The zero-order valence-electron chi connectivity index (χ0n) is 9.27. The van der Waals surface area contributed by atoms with Crippen LogP contribution in [0.3, 0.4) is 0 Å². The van der Waals surface area contributed by atoms with Crippen LogP contribution in [-0.4, -0.2) is 12.2 Å². The summed E-state index contributed by atoms with van der Waals surface area (Å²) in [6, 6.07) is 0. The minimum atomic E-state index is 0.0813. The smallest absolute Gasteiger partial charge is 0.0655 e. The Kier molecular flexibility index (Phi) is 2.28. The van der Waals surface area contributed by atoms with Crippen LogP contribution in [0.4, 0.5) is 0 Å². The molecule has 1 heteroatoms. The molecule has 1 nitrogen and oxygen atoms in total. The number of hydrogen-bond acceptors (Lipinski definition) is 1. The third kappa shape index (κ3) is 1.66. The molecule has 72 valence electrons. The van der Waals surface area contributed by atoms with E-state index >= 15 is 0 Å². The molecule has 0 bridgehead atoms. The van der Waals surface area contributed by atoms with Crippen LogP contribution in [-0.2, 0) is 4.74 Å². The third-order valence-electron chi connectivity index (χ3n) is 3.45. The van der Waals surface area contributed by atoms with Gasteiger partial charge in [0, 0.05) is 0 Å². The number of ether oxygens (including phenoxy) is 1. The molecule has 0 amide bonds. The van der Waals surface area contributed by atoms with Gasteiger partial charge in [0.2, 0.25) is 0 Å². The molecule has 0 aromatic heterocycles. The lowest BCUT2D eigenvalue weighted by Gasteiger charge is -2.32. The van der Waals surface area contributed by atoms with Crippen LogP contribution in [0.1, 0.15) is 41.5 Å². The predicted molar refractivity (Wildman–Crippen MR) is 52.1 cm³/mol. The van der Waals surface area contributed by atoms with Gasteiger partial charge in [-0.2, -0.15) is 0 Å². The highest BCUT2D eigenvalue weighted by atomic mass is 16.5. The first-order chi connectivity index (χ1) is 5.25. The van der Waals surface area contributed by atoms with E-state index in [9.17, 15) is 0 Å². The van der Waals surface area contributed by atoms with Gasteiger partial charge >= 0.3 is 0 Å². The molecule has 1 fully saturated rings. The molecule has 0 saturated carbocycles. The summed E-state index contributed by atoms with van der Waals surface area (Å²) in [5.74, 6) is 1.37. The van der Waals surface area contributed by atoms with E-state index < -0.39 is 0 Å². The van der Waals surface area contributed by atoms with Crippen molar-refractivity contribution in [3.8, 4) is 0 Å². The van der Waals surface area contributed by atoms with E-state index in [1.54, 1.807) is 0 Å². The van der Waals surface area contributed by atoms with E-state index in [-0.39, 0.29) is 5.60 Å². The molecule has 0 N–H and O–H groups in total. The number of rotatable bonds is 0. The summed E-state index contributed by atoms with van der Waals surface area (Å²) in [7, 11) is 0. The monoisotopic (exact) mass is 170 g/mol. The van der Waals surface area contributed by atoms with Gasteiger partial charge in [0.15, 0.2) is 0 Å². The minimum absolute atomic E-state index is 0.0813. The van der Waals surface area contributed by atoms with Gasteiger partial charge in [0.25, 0.3) is 0 Å². The van der Waals surface area contributed by atoms with Gasteiger partial charge < -0.3 is 4.74 Å². The Hall–Kier alpha value is -0.0400. The second kappa shape index (κ2) is 2.73. The van der Waals surface area contributed by atoms with E-state index in [2.05, 4.69) is 41.5 Å². The molecular weight excluding hydrogens is 148 g/mol. The molecule has 0 aromatic rings. The summed E-state index contributed by atoms with van der Waals surface area (Å²) in [5, 5.41) is 0. The summed E-state index contributed by atoms with van der Waals surface area (Å²) >= 11 is 0. The zero-order valence-corrected chi connectivity index (χ0v) is 9.27. The molecule has 1 rings (SSSR count). The van der Waals surface area contributed by atoms with E-state index in [1.165, 1.54) is 0 Å². The van der Waals surface area contributed by atoms with Crippen LogP contribution in [0.2, 0.25) is 0 Å². The highest BCUT2D eigenvalue weighted by Gasteiger charge is 2.44. The largest absolute Gasteiger partial charge is 0.375 e. The Labute approximate surface area is 76.5 Å². The lowest BCUT2D eigenvalue weighted by atomic mass is 9.71. The van der Waals surface area contributed by atoms with Gasteiger partial charge in [0.05, 0.1) is 12.2 Å². The van der Waals surface area contributed by atoms with Crippen LogP contribution in [0.5, 0.6) is 0 Å². The van der Waals surface area contributed by atoms with Crippen molar-refractivity contribution in [2.75, 3.05) is 6.61 Å². The summed E-state index contributed by atoms with van der Waals surface area (Å²) < 4.78 is 5.79. The molecule has 2 atom stereocenters. The van der Waals surface area contributed by atoms with Crippen molar-refractivity contribution in [3.05, 3.63) is 0 Å². The first-order valence-electron chi connectivity index (χ1n) is 4.89. The topological polar surface area (TPSA) is 9.23 Å². The molecular formula is C11H22O. The normalized spacial score (nSPS) is 35.5. The highest BCUT2D eigenvalue weighted by molar-refractivity contribution is 4.92. The van der Waals surface area contributed by atoms with Gasteiger partial charge in [-0.25, -0.2) is 0 Å². The summed E-state index contributed by atoms with van der Waals surface area (Å²) in [6.07, 6.45) is 0. The average Bonchev–Trinajstić information content (AvgIpc) is 2.06. The molecule has 0 radical (unpaired) electrons. The van der Waals surface area contributed by atoms with Gasteiger partial charge in [0.1, 0.15) is 0 Å². The molecule has 1 aliphatic heterocycles. The van der Waals surface area contributed by atoms with Gasteiger partial charge in [-0.3, -0.25) is 0 Å². The molecule has 0 unspecified atom stereocenters. The van der Waals surface area contributed by atoms with Gasteiger partial charge in [-0.1, -0.05) is 27.7 Å². The van der Waals surface area contributed by atoms with Crippen LogP contribution in [0.15, 0.2) is 0 Å². The molecule has 1 heterocycles. The van der Waals surface area contributed by atoms with E-state index in [4.69, 9.17) is 4.74 Å². The van der Waals surface area contributed by atoms with Crippen LogP contribution in [0, 0.1) is 17.3 Å². The quantitative estimate of drug-likeness (QED) is 0.543. The van der Waals surface area contributed by atoms with Crippen molar-refractivity contribution >= 4 is 0 Å². The maximum atomic E-state index is 5.79. The second-order valence-corrected chi connectivity index (χ2v) is 5.68. The molecule has 1 saturated heterocycles. The van der Waals surface area contributed by atoms with Gasteiger partial charge in [-0.05, 0) is 31.1 Å². The fourth-order valence-electron chi connectivity index (χ4n) is 2.06. The first kappa shape index (κ1) is 10.0. The van der Waals surface area contributed by atoms with E-state index in [1.807, 2.05) is 0 Å². The van der Waals surface area contributed by atoms with Crippen LogP contribution in [0.25, 0.3) is 0 Å². The lowest BCUT2D eigenvalue weighted by molar-refractivity contribution is 0.0152. The van der Waals surface area contributed by atoms with Gasteiger partial charge in [-0.15, -0.1) is 0 Å². The summed E-state index contributed by atoms with van der Waals surface area (Å²) in [6.45, 7) is 14.5. The maximum Gasteiger partial charge on any atom is 0.0655 e. The zero-order chi connectivity index (χ0) is 9.57. The highest BCUT2D eigenvalue weighted by Crippen LogP contribution is 2.44. The first-order valence-corrected chi connectivity index (χ1v) is 4.89. The van der Waals surface area contributed by atoms with Crippen molar-refractivity contribution in [2.24, 2.45) is 17.3 Å². The van der Waals surface area contributed by atoms with Crippen molar-refractivity contribution in [1.29, 1.82) is 0 Å². The third-order valence-corrected chi connectivity index (χ3v) is 3.45. The lowest BCUT2D eigenvalue weighted by Crippen LogP contribution is -2.32. The summed E-state index contributed by atoms with van der Waals surface area (Å²) in [5.41, 5.74) is 0.463. The number of hydrogen-bond donors (Lipinski definition) is 0. The predicted octanol–water partition coefficient (Wildman–Crippen LogP) is 3.09. The average molecular weight is 170 g/mol. The Morgan fingerprint density at radius 3 is 1.92 bits per heavy atom. The van der Waals surface area contributed by atoms with E-state index in [0.29, 0.717) is 17.3 Å². The fraction of sp³-hybridized carbons (Fsp3) is 1.00. The van der Waals surface area contributed by atoms with E-state index in [0.717, 1.165) is 6.61 Å². The Bertz CT molecular complexity index is 164. The standard InChI is InChI=1S/C11H22O/c1-8-9(10(2,3)4)7-12-11(8,5)6/h8-9H,7H2,1-6H3/t8-,9-/m0/s1. The van der Waals surface area contributed by atoms with Crippen LogP contribution < -0.4 is 0 Å². The Balaban J connectivity index is 2.74. The maximum absolute atomic E-state index is 5.79. The van der Waals surface area contributed by atoms with Crippen molar-refractivity contribution in [3.63, 3.8) is 0 Å². The second-order valence-electron chi connectivity index (χ2n) is 5.68.